The zero-order chi connectivity index (χ0) is 28.6. The summed E-state index contributed by atoms with van der Waals surface area (Å²) in [5, 5.41) is 0. The van der Waals surface area contributed by atoms with Crippen molar-refractivity contribution in [2.45, 2.75) is 6.42 Å². The first kappa shape index (κ1) is 25.1. The topological polar surface area (TPSA) is 38.7 Å². The first-order valence-electron chi connectivity index (χ1n) is 14.6. The second-order valence-electron chi connectivity index (χ2n) is 10.9. The van der Waals surface area contributed by atoms with E-state index in [1.54, 1.807) is 0 Å². The number of nitrogens with zero attached hydrogens (tertiary/aromatic N) is 3. The Kier molecular flexibility index (Phi) is 6.20. The van der Waals surface area contributed by atoms with Gasteiger partial charge in [0.25, 0.3) is 0 Å². The molecule has 8 rings (SSSR count). The standard InChI is InChI=1S/C40H27N3/c1-4-12-27(13-5-1)30-18-10-19-31(24-30)32-22-23-33-26-37-34(36(33)25-32)20-11-21-35(37)40-42-38(28-14-6-2-7-15-28)41-39(43-40)29-16-8-3-9-17-29/h1-25H,26H2. The molecule has 0 saturated carbocycles. The fourth-order valence-electron chi connectivity index (χ4n) is 6.03. The van der Waals surface area contributed by atoms with Crippen LogP contribution in [0.2, 0.25) is 0 Å². The Hall–Kier alpha value is -5.67. The molecule has 1 heterocycles. The van der Waals surface area contributed by atoms with Gasteiger partial charge >= 0.3 is 0 Å². The van der Waals surface area contributed by atoms with Crippen molar-refractivity contribution in [1.29, 1.82) is 0 Å². The predicted molar refractivity (Wildman–Crippen MR) is 175 cm³/mol. The maximum absolute atomic E-state index is 5.02. The molecule has 0 bridgehead atoms. The summed E-state index contributed by atoms with van der Waals surface area (Å²) in [6.45, 7) is 0. The summed E-state index contributed by atoms with van der Waals surface area (Å²) in [4.78, 5) is 14.9. The predicted octanol–water partition coefficient (Wildman–Crippen LogP) is 9.78. The van der Waals surface area contributed by atoms with Crippen molar-refractivity contribution in [2.24, 2.45) is 0 Å². The summed E-state index contributed by atoms with van der Waals surface area (Å²) >= 11 is 0. The van der Waals surface area contributed by atoms with E-state index < -0.39 is 0 Å². The van der Waals surface area contributed by atoms with Crippen molar-refractivity contribution < 1.29 is 0 Å². The third-order valence-electron chi connectivity index (χ3n) is 8.19. The van der Waals surface area contributed by atoms with Gasteiger partial charge in [-0.15, -0.1) is 0 Å². The average Bonchev–Trinajstić information content (AvgIpc) is 3.47. The SMILES string of the molecule is c1ccc(-c2cccc(-c3ccc4c(c3)-c3cccc(-c5nc(-c6ccccc6)nc(-c6ccccc6)n5)c3C4)c2)cc1. The number of fused-ring (bicyclic) bond motifs is 3. The first-order chi connectivity index (χ1) is 21.3. The highest BCUT2D eigenvalue weighted by Crippen LogP contribution is 2.43. The van der Waals surface area contributed by atoms with Crippen LogP contribution in [0.1, 0.15) is 11.1 Å². The van der Waals surface area contributed by atoms with Gasteiger partial charge in [0.15, 0.2) is 17.5 Å². The van der Waals surface area contributed by atoms with E-state index in [4.69, 9.17) is 15.0 Å². The number of benzene rings is 6. The van der Waals surface area contributed by atoms with Crippen LogP contribution in [0.15, 0.2) is 152 Å². The third-order valence-corrected chi connectivity index (χ3v) is 8.19. The van der Waals surface area contributed by atoms with Crippen LogP contribution < -0.4 is 0 Å². The fourth-order valence-corrected chi connectivity index (χ4v) is 6.03. The minimum atomic E-state index is 0.679. The van der Waals surface area contributed by atoms with Crippen LogP contribution in [0.25, 0.3) is 67.5 Å². The summed E-state index contributed by atoms with van der Waals surface area (Å²) < 4.78 is 0. The Morgan fingerprint density at radius 3 is 1.47 bits per heavy atom. The lowest BCUT2D eigenvalue weighted by Gasteiger charge is -2.11. The zero-order valence-corrected chi connectivity index (χ0v) is 23.5. The lowest BCUT2D eigenvalue weighted by atomic mass is 9.95. The van der Waals surface area contributed by atoms with E-state index in [1.807, 2.05) is 60.7 Å². The van der Waals surface area contributed by atoms with Crippen molar-refractivity contribution in [1.82, 2.24) is 15.0 Å². The van der Waals surface area contributed by atoms with Gasteiger partial charge < -0.3 is 0 Å². The van der Waals surface area contributed by atoms with Gasteiger partial charge in [0.1, 0.15) is 0 Å². The van der Waals surface area contributed by atoms with Gasteiger partial charge in [-0.2, -0.15) is 0 Å². The van der Waals surface area contributed by atoms with Gasteiger partial charge in [-0.05, 0) is 63.1 Å². The Balaban J connectivity index is 1.23. The molecule has 43 heavy (non-hydrogen) atoms. The molecule has 7 aromatic rings. The number of aromatic nitrogens is 3. The monoisotopic (exact) mass is 549 g/mol. The normalized spacial score (nSPS) is 11.6. The molecule has 3 heteroatoms. The molecule has 6 aromatic carbocycles. The molecule has 0 saturated heterocycles. The lowest BCUT2D eigenvalue weighted by molar-refractivity contribution is 1.07. The van der Waals surface area contributed by atoms with Crippen molar-refractivity contribution in [3.63, 3.8) is 0 Å². The van der Waals surface area contributed by atoms with Gasteiger partial charge in [-0.3, -0.25) is 0 Å². The Bertz CT molecular complexity index is 2030. The van der Waals surface area contributed by atoms with Crippen LogP contribution in [0, 0.1) is 0 Å². The van der Waals surface area contributed by atoms with Gasteiger partial charge in [-0.25, -0.2) is 15.0 Å². The fraction of sp³-hybridized carbons (Fsp3) is 0.0250. The summed E-state index contributed by atoms with van der Waals surface area (Å²) in [6.07, 6.45) is 0.845. The molecule has 0 radical (unpaired) electrons. The maximum atomic E-state index is 5.02. The third kappa shape index (κ3) is 4.71. The first-order valence-corrected chi connectivity index (χ1v) is 14.6. The molecule has 0 unspecified atom stereocenters. The van der Waals surface area contributed by atoms with Crippen LogP contribution in [0.3, 0.4) is 0 Å². The molecule has 0 fully saturated rings. The van der Waals surface area contributed by atoms with Gasteiger partial charge in [0.05, 0.1) is 0 Å². The highest BCUT2D eigenvalue weighted by molar-refractivity contribution is 5.87. The van der Waals surface area contributed by atoms with Gasteiger partial charge in [0.2, 0.25) is 0 Å². The maximum Gasteiger partial charge on any atom is 0.164 e. The molecule has 0 amide bonds. The number of rotatable bonds is 5. The summed E-state index contributed by atoms with van der Waals surface area (Å²) in [5.41, 5.74) is 13.0. The molecular formula is C40H27N3. The van der Waals surface area contributed by atoms with Crippen LogP contribution in [0.5, 0.6) is 0 Å². The molecule has 1 aliphatic carbocycles. The lowest BCUT2D eigenvalue weighted by Crippen LogP contribution is -2.01. The summed E-state index contributed by atoms with van der Waals surface area (Å²) in [7, 11) is 0. The quantitative estimate of drug-likeness (QED) is 0.214. The molecule has 0 spiro atoms. The number of hydrogen-bond donors (Lipinski definition) is 0. The van der Waals surface area contributed by atoms with E-state index in [2.05, 4.69) is 91.0 Å². The Morgan fingerprint density at radius 2 is 0.814 bits per heavy atom. The molecule has 202 valence electrons. The Morgan fingerprint density at radius 1 is 0.326 bits per heavy atom. The summed E-state index contributed by atoms with van der Waals surface area (Å²) in [6, 6.07) is 53.0. The van der Waals surface area contributed by atoms with E-state index in [0.29, 0.717) is 17.5 Å². The second-order valence-corrected chi connectivity index (χ2v) is 10.9. The smallest absolute Gasteiger partial charge is 0.164 e. The molecule has 0 N–H and O–H groups in total. The minimum Gasteiger partial charge on any atom is -0.208 e. The second kappa shape index (κ2) is 10.6. The molecular weight excluding hydrogens is 522 g/mol. The minimum absolute atomic E-state index is 0.679. The highest BCUT2D eigenvalue weighted by Gasteiger charge is 2.24. The molecule has 3 nitrogen and oxygen atoms in total. The van der Waals surface area contributed by atoms with E-state index in [0.717, 1.165) is 23.1 Å². The molecule has 0 aliphatic heterocycles. The van der Waals surface area contributed by atoms with Crippen LogP contribution in [-0.2, 0) is 6.42 Å². The van der Waals surface area contributed by atoms with E-state index in [1.165, 1.54) is 44.5 Å². The van der Waals surface area contributed by atoms with Crippen LogP contribution in [-0.4, -0.2) is 15.0 Å². The zero-order valence-electron chi connectivity index (χ0n) is 23.5. The molecule has 0 atom stereocenters. The largest absolute Gasteiger partial charge is 0.208 e. The van der Waals surface area contributed by atoms with Crippen molar-refractivity contribution >= 4 is 0 Å². The van der Waals surface area contributed by atoms with Gasteiger partial charge in [0, 0.05) is 16.7 Å². The molecule has 1 aliphatic rings. The van der Waals surface area contributed by atoms with Crippen molar-refractivity contribution in [3.8, 4) is 67.5 Å². The van der Waals surface area contributed by atoms with Gasteiger partial charge in [-0.1, -0.05) is 140 Å². The van der Waals surface area contributed by atoms with Crippen molar-refractivity contribution in [2.75, 3.05) is 0 Å². The van der Waals surface area contributed by atoms with Crippen LogP contribution >= 0.6 is 0 Å². The van der Waals surface area contributed by atoms with E-state index in [9.17, 15) is 0 Å². The number of hydrogen-bond acceptors (Lipinski definition) is 3. The average molecular weight is 550 g/mol. The van der Waals surface area contributed by atoms with E-state index in [-0.39, 0.29) is 0 Å². The Labute approximate surface area is 251 Å². The summed E-state index contributed by atoms with van der Waals surface area (Å²) in [5.74, 6) is 2.06. The van der Waals surface area contributed by atoms with E-state index >= 15 is 0 Å². The van der Waals surface area contributed by atoms with Crippen molar-refractivity contribution in [3.05, 3.63) is 163 Å². The highest BCUT2D eigenvalue weighted by atomic mass is 15.0. The van der Waals surface area contributed by atoms with Crippen LogP contribution in [0.4, 0.5) is 0 Å². The molecule has 1 aromatic heterocycles.